The fraction of sp³-hybridized carbons (Fsp3) is 0.308. The van der Waals surface area contributed by atoms with E-state index in [1.807, 2.05) is 19.9 Å². The zero-order valence-electron chi connectivity index (χ0n) is 17.2. The van der Waals surface area contributed by atoms with E-state index in [1.165, 1.54) is 44.8 Å². The normalized spacial score (nSPS) is 20.5. The predicted octanol–water partition coefficient (Wildman–Crippen LogP) is 6.12. The second kappa shape index (κ2) is 7.35. The van der Waals surface area contributed by atoms with Crippen molar-refractivity contribution in [2.45, 2.75) is 39.0 Å². The Balaban J connectivity index is 0.000000932. The molecule has 0 fully saturated rings. The highest BCUT2D eigenvalue weighted by Crippen LogP contribution is 2.56. The van der Waals surface area contributed by atoms with E-state index in [-0.39, 0.29) is 5.41 Å². The summed E-state index contributed by atoms with van der Waals surface area (Å²) in [6.07, 6.45) is 8.57. The first-order valence-electron chi connectivity index (χ1n) is 10.5. The molecule has 2 heteroatoms. The van der Waals surface area contributed by atoms with Crippen molar-refractivity contribution in [1.29, 1.82) is 0 Å². The van der Waals surface area contributed by atoms with Gasteiger partial charge in [0.15, 0.2) is 0 Å². The second-order valence-electron chi connectivity index (χ2n) is 7.52. The second-order valence-corrected chi connectivity index (χ2v) is 7.52. The van der Waals surface area contributed by atoms with E-state index >= 15 is 0 Å². The quantitative estimate of drug-likeness (QED) is 0.632. The molecule has 1 aliphatic heterocycles. The van der Waals surface area contributed by atoms with Gasteiger partial charge in [-0.2, -0.15) is 0 Å². The van der Waals surface area contributed by atoms with Crippen LogP contribution in [0.25, 0.3) is 5.57 Å². The number of allylic oxidation sites excluding steroid dienone is 5. The van der Waals surface area contributed by atoms with Crippen molar-refractivity contribution in [3.05, 3.63) is 89.0 Å². The van der Waals surface area contributed by atoms with E-state index in [0.717, 1.165) is 25.9 Å². The zero-order valence-corrected chi connectivity index (χ0v) is 17.2. The Hall–Kier alpha value is -2.74. The minimum absolute atomic E-state index is 0.0406. The summed E-state index contributed by atoms with van der Waals surface area (Å²) in [4.78, 5) is 0. The van der Waals surface area contributed by atoms with Crippen LogP contribution in [0.2, 0.25) is 0 Å². The Bertz CT molecular complexity index is 943. The molecule has 0 bridgehead atoms. The van der Waals surface area contributed by atoms with Crippen molar-refractivity contribution in [2.24, 2.45) is 0 Å². The van der Waals surface area contributed by atoms with E-state index in [1.54, 1.807) is 0 Å². The minimum atomic E-state index is 0.0406. The van der Waals surface area contributed by atoms with Crippen molar-refractivity contribution in [3.8, 4) is 0 Å². The highest BCUT2D eigenvalue weighted by molar-refractivity contribution is 5.91. The Morgan fingerprint density at radius 2 is 1.57 bits per heavy atom. The molecular formula is C26H30N2. The lowest BCUT2D eigenvalue weighted by molar-refractivity contribution is 0.564. The smallest absolute Gasteiger partial charge is 0.0579 e. The molecule has 2 N–H and O–H groups in total. The SMILES string of the molecule is C=C/C=C1\C(=C/C)c2ccccc2C12Cc1cc3c(cc1C2)NCCN3.CC. The first-order valence-corrected chi connectivity index (χ1v) is 10.5. The van der Waals surface area contributed by atoms with Crippen molar-refractivity contribution < 1.29 is 0 Å². The van der Waals surface area contributed by atoms with Crippen molar-refractivity contribution in [1.82, 2.24) is 0 Å². The van der Waals surface area contributed by atoms with Crippen LogP contribution in [-0.2, 0) is 18.3 Å². The van der Waals surface area contributed by atoms with E-state index in [2.05, 4.69) is 72.7 Å². The summed E-state index contributed by atoms with van der Waals surface area (Å²) in [5.74, 6) is 0. The van der Waals surface area contributed by atoms with E-state index in [9.17, 15) is 0 Å². The molecule has 0 saturated heterocycles. The van der Waals surface area contributed by atoms with Crippen LogP contribution in [0, 0.1) is 0 Å². The molecule has 1 heterocycles. The van der Waals surface area contributed by atoms with Crippen molar-refractivity contribution >= 4 is 16.9 Å². The molecule has 28 heavy (non-hydrogen) atoms. The topological polar surface area (TPSA) is 24.1 Å². The molecule has 5 rings (SSSR count). The summed E-state index contributed by atoms with van der Waals surface area (Å²) in [7, 11) is 0. The Morgan fingerprint density at radius 3 is 2.14 bits per heavy atom. The van der Waals surface area contributed by atoms with Gasteiger partial charge in [-0.15, -0.1) is 0 Å². The maximum atomic E-state index is 4.00. The zero-order chi connectivity index (χ0) is 19.7. The van der Waals surface area contributed by atoms with E-state index < -0.39 is 0 Å². The molecule has 2 aromatic rings. The summed E-state index contributed by atoms with van der Waals surface area (Å²) in [6, 6.07) is 13.7. The third-order valence-corrected chi connectivity index (χ3v) is 6.19. The molecule has 0 atom stereocenters. The number of fused-ring (bicyclic) bond motifs is 4. The highest BCUT2D eigenvalue weighted by Gasteiger charge is 2.48. The number of rotatable bonds is 1. The lowest BCUT2D eigenvalue weighted by atomic mass is 9.75. The molecule has 3 aliphatic rings. The highest BCUT2D eigenvalue weighted by atomic mass is 15.0. The van der Waals surface area contributed by atoms with Gasteiger partial charge in [0.2, 0.25) is 0 Å². The van der Waals surface area contributed by atoms with Gasteiger partial charge in [0.05, 0.1) is 11.4 Å². The molecular weight excluding hydrogens is 340 g/mol. The molecule has 0 amide bonds. The van der Waals surface area contributed by atoms with Gasteiger partial charge >= 0.3 is 0 Å². The summed E-state index contributed by atoms with van der Waals surface area (Å²) in [5.41, 5.74) is 11.1. The average molecular weight is 371 g/mol. The largest absolute Gasteiger partial charge is 0.382 e. The minimum Gasteiger partial charge on any atom is -0.382 e. The lowest BCUT2D eigenvalue weighted by Gasteiger charge is -2.27. The first kappa shape index (κ1) is 18.6. The van der Waals surface area contributed by atoms with Gasteiger partial charge in [0, 0.05) is 18.5 Å². The Kier molecular flexibility index (Phi) is 4.89. The molecule has 2 nitrogen and oxygen atoms in total. The maximum Gasteiger partial charge on any atom is 0.0579 e. The molecule has 0 radical (unpaired) electrons. The Morgan fingerprint density at radius 1 is 0.964 bits per heavy atom. The third-order valence-electron chi connectivity index (χ3n) is 6.19. The van der Waals surface area contributed by atoms with Crippen molar-refractivity contribution in [3.63, 3.8) is 0 Å². The van der Waals surface area contributed by atoms with E-state index in [4.69, 9.17) is 0 Å². The number of benzene rings is 2. The molecule has 2 aliphatic carbocycles. The van der Waals surface area contributed by atoms with Gasteiger partial charge in [-0.1, -0.05) is 62.9 Å². The lowest BCUT2D eigenvalue weighted by Crippen LogP contribution is -2.25. The van der Waals surface area contributed by atoms with Crippen LogP contribution in [0.4, 0.5) is 11.4 Å². The van der Waals surface area contributed by atoms with Crippen LogP contribution < -0.4 is 10.6 Å². The molecule has 0 aromatic heterocycles. The summed E-state index contributed by atoms with van der Waals surface area (Å²) in [5, 5.41) is 7.08. The van der Waals surface area contributed by atoms with Crippen LogP contribution in [-0.4, -0.2) is 13.1 Å². The van der Waals surface area contributed by atoms with Gasteiger partial charge in [0.1, 0.15) is 0 Å². The standard InChI is InChI=1S/C24H24N2.C2H6/c1-3-7-20-18(4-2)19-8-5-6-9-21(19)24(20)14-16-12-22-23(13-17(16)15-24)26-11-10-25-22;1-2/h3-9,12-13,25-26H,1,10-11,14-15H2,2H3;1-2H3/b18-4-,20-7+;. The maximum absolute atomic E-state index is 4.00. The molecule has 0 unspecified atom stereocenters. The number of hydrogen-bond acceptors (Lipinski definition) is 2. The van der Waals surface area contributed by atoms with Gasteiger partial charge in [-0.05, 0) is 65.3 Å². The molecule has 0 saturated carbocycles. The fourth-order valence-electron chi connectivity index (χ4n) is 5.16. The summed E-state index contributed by atoms with van der Waals surface area (Å²) >= 11 is 0. The predicted molar refractivity (Wildman–Crippen MR) is 122 cm³/mol. The Labute approximate surface area is 169 Å². The van der Waals surface area contributed by atoms with Gasteiger partial charge in [-0.25, -0.2) is 0 Å². The van der Waals surface area contributed by atoms with Gasteiger partial charge in [0.25, 0.3) is 0 Å². The summed E-state index contributed by atoms with van der Waals surface area (Å²) in [6.45, 7) is 12.1. The van der Waals surface area contributed by atoms with Crippen LogP contribution >= 0.6 is 0 Å². The first-order chi connectivity index (χ1) is 13.8. The van der Waals surface area contributed by atoms with E-state index in [0.29, 0.717) is 0 Å². The summed E-state index contributed by atoms with van der Waals surface area (Å²) < 4.78 is 0. The third kappa shape index (κ3) is 2.63. The average Bonchev–Trinajstić information content (AvgIpc) is 3.23. The van der Waals surface area contributed by atoms with Crippen LogP contribution in [0.15, 0.2) is 66.8 Å². The molecule has 2 aromatic carbocycles. The number of anilines is 2. The molecule has 1 spiro atoms. The fourth-order valence-corrected chi connectivity index (χ4v) is 5.16. The monoisotopic (exact) mass is 370 g/mol. The van der Waals surface area contributed by atoms with Crippen LogP contribution in [0.1, 0.15) is 43.0 Å². The number of hydrogen-bond donors (Lipinski definition) is 2. The molecule has 144 valence electrons. The van der Waals surface area contributed by atoms with Gasteiger partial charge in [-0.3, -0.25) is 0 Å². The van der Waals surface area contributed by atoms with Gasteiger partial charge < -0.3 is 10.6 Å². The van der Waals surface area contributed by atoms with Crippen LogP contribution in [0.5, 0.6) is 0 Å². The van der Waals surface area contributed by atoms with Crippen LogP contribution in [0.3, 0.4) is 0 Å². The van der Waals surface area contributed by atoms with Crippen molar-refractivity contribution in [2.75, 3.05) is 23.7 Å². The number of nitrogens with one attached hydrogen (secondary N) is 2.